The molecular weight excluding hydrogens is 433 g/mol. The molecule has 0 aromatic carbocycles. The zero-order valence-corrected chi connectivity index (χ0v) is 21.2. The predicted octanol–water partition coefficient (Wildman–Crippen LogP) is 4.05. The molecule has 0 aliphatic heterocycles. The molecule has 0 rings (SSSR count). The maximum Gasteiger partial charge on any atom is 2.00 e. The molecule has 0 unspecified atom stereocenters. The second-order valence-electron chi connectivity index (χ2n) is 6.70. The average Bonchev–Trinajstić information content (AvgIpc) is 2.58. The summed E-state index contributed by atoms with van der Waals surface area (Å²) in [6.45, 7) is 4.37. The summed E-state index contributed by atoms with van der Waals surface area (Å²) in [5.74, 6) is 0. The van der Waals surface area contributed by atoms with Crippen molar-refractivity contribution >= 4 is 43.9 Å². The van der Waals surface area contributed by atoms with Crippen LogP contribution in [-0.2, 0) is 29.2 Å². The van der Waals surface area contributed by atoms with Crippen molar-refractivity contribution in [2.45, 2.75) is 104 Å². The monoisotopic (exact) mass is 470 g/mol. The first-order chi connectivity index (χ1) is 13.1. The van der Waals surface area contributed by atoms with Crippen LogP contribution in [0.25, 0.3) is 0 Å². The van der Waals surface area contributed by atoms with Crippen molar-refractivity contribution in [3.05, 3.63) is 0 Å². The Morgan fingerprint density at radius 2 is 0.759 bits per heavy atom. The minimum Gasteiger partial charge on any atom is -0.726 e. The van der Waals surface area contributed by atoms with E-state index >= 15 is 0 Å². The molecule has 11 heteroatoms. The van der Waals surface area contributed by atoms with Crippen LogP contribution < -0.4 is 0 Å². The van der Waals surface area contributed by atoms with E-state index < -0.39 is 20.8 Å². The van der Waals surface area contributed by atoms with Gasteiger partial charge in [0.15, 0.2) is 0 Å². The molecule has 0 bridgehead atoms. The summed E-state index contributed by atoms with van der Waals surface area (Å²) in [7, 11) is -8.95. The first-order valence-corrected chi connectivity index (χ1v) is 13.0. The van der Waals surface area contributed by atoms with Gasteiger partial charge >= 0.3 is 23.1 Å². The fourth-order valence-corrected chi connectivity index (χ4v) is 3.08. The van der Waals surface area contributed by atoms with Crippen LogP contribution in [0.1, 0.15) is 104 Å². The SMILES string of the molecule is CCCCCCCCCOS(=O)(=O)[O-].CCCCCCCCCOS(=O)(=O)[O-].[Mg+2]. The average molecular weight is 471 g/mol. The Hall–Kier alpha value is 0.506. The second kappa shape index (κ2) is 23.2. The van der Waals surface area contributed by atoms with Crippen LogP contribution in [0.4, 0.5) is 0 Å². The van der Waals surface area contributed by atoms with Gasteiger partial charge in [-0.2, -0.15) is 0 Å². The topological polar surface area (TPSA) is 133 Å². The standard InChI is InChI=1S/2C9H20O4S.Mg/c2*1-2-3-4-5-6-7-8-9-13-14(10,11)12;/h2*2-9H2,1H3,(H,10,11,12);/q;;+2/p-2. The van der Waals surface area contributed by atoms with E-state index in [4.69, 9.17) is 0 Å². The fraction of sp³-hybridized carbons (Fsp3) is 1.00. The first kappa shape index (κ1) is 34.1. The van der Waals surface area contributed by atoms with Gasteiger partial charge in [0.25, 0.3) is 0 Å². The van der Waals surface area contributed by atoms with E-state index in [9.17, 15) is 25.9 Å². The van der Waals surface area contributed by atoms with Crippen LogP contribution in [-0.4, -0.2) is 62.2 Å². The summed E-state index contributed by atoms with van der Waals surface area (Å²) in [6.07, 6.45) is 15.1. The summed E-state index contributed by atoms with van der Waals surface area (Å²) >= 11 is 0. The zero-order chi connectivity index (χ0) is 21.7. The normalized spacial score (nSPS) is 11.4. The van der Waals surface area contributed by atoms with E-state index in [1.165, 1.54) is 51.4 Å². The molecule has 0 fully saturated rings. The van der Waals surface area contributed by atoms with Crippen molar-refractivity contribution in [2.75, 3.05) is 13.2 Å². The molecule has 0 spiro atoms. The molecule has 0 saturated heterocycles. The number of hydrogen-bond acceptors (Lipinski definition) is 8. The number of hydrogen-bond donors (Lipinski definition) is 0. The minimum atomic E-state index is -4.48. The van der Waals surface area contributed by atoms with E-state index in [-0.39, 0.29) is 36.3 Å². The Bertz CT molecular complexity index is 476. The molecule has 0 aromatic rings. The Labute approximate surface area is 194 Å². The van der Waals surface area contributed by atoms with E-state index in [0.717, 1.165) is 25.7 Å². The van der Waals surface area contributed by atoms with E-state index in [2.05, 4.69) is 22.2 Å². The third-order valence-corrected chi connectivity index (χ3v) is 4.86. The summed E-state index contributed by atoms with van der Waals surface area (Å²) in [5, 5.41) is 0. The molecule has 172 valence electrons. The van der Waals surface area contributed by atoms with Crippen molar-refractivity contribution < 1.29 is 34.3 Å². The first-order valence-electron chi connectivity index (χ1n) is 10.3. The fourth-order valence-electron chi connectivity index (χ4n) is 2.44. The smallest absolute Gasteiger partial charge is 0.726 e. The van der Waals surface area contributed by atoms with Crippen LogP contribution in [0.2, 0.25) is 0 Å². The summed E-state index contributed by atoms with van der Waals surface area (Å²) < 4.78 is 68.3. The Balaban J connectivity index is -0.000000451. The predicted molar refractivity (Wildman–Crippen MR) is 113 cm³/mol. The van der Waals surface area contributed by atoms with Gasteiger partial charge in [-0.05, 0) is 12.8 Å². The maximum atomic E-state index is 10.0. The van der Waals surface area contributed by atoms with Crippen molar-refractivity contribution in [3.8, 4) is 0 Å². The Morgan fingerprint density at radius 3 is 1.00 bits per heavy atom. The van der Waals surface area contributed by atoms with Crippen LogP contribution in [0.5, 0.6) is 0 Å². The van der Waals surface area contributed by atoms with Crippen LogP contribution in [0, 0.1) is 0 Å². The molecule has 0 amide bonds. The third-order valence-electron chi connectivity index (χ3n) is 3.95. The van der Waals surface area contributed by atoms with Gasteiger partial charge in [-0.1, -0.05) is 90.9 Å². The Kier molecular flexibility index (Phi) is 27.3. The molecule has 0 atom stereocenters. The quantitative estimate of drug-likeness (QED) is 0.127. The van der Waals surface area contributed by atoms with Crippen LogP contribution in [0.15, 0.2) is 0 Å². The molecule has 8 nitrogen and oxygen atoms in total. The molecule has 0 aliphatic carbocycles. The number of rotatable bonds is 18. The largest absolute Gasteiger partial charge is 2.00 e. The molecular formula is C18H38MgO8S2. The number of unbranched alkanes of at least 4 members (excludes halogenated alkanes) is 12. The van der Waals surface area contributed by atoms with Gasteiger partial charge in [0.1, 0.15) is 0 Å². The summed E-state index contributed by atoms with van der Waals surface area (Å²) in [4.78, 5) is 0. The van der Waals surface area contributed by atoms with Crippen LogP contribution >= 0.6 is 0 Å². The van der Waals surface area contributed by atoms with Gasteiger partial charge < -0.3 is 9.11 Å². The van der Waals surface area contributed by atoms with Gasteiger partial charge in [0, 0.05) is 0 Å². The molecule has 0 aromatic heterocycles. The molecule has 0 heterocycles. The van der Waals surface area contributed by atoms with Gasteiger partial charge in [-0.15, -0.1) is 0 Å². The van der Waals surface area contributed by atoms with E-state index in [0.29, 0.717) is 12.8 Å². The zero-order valence-electron chi connectivity index (χ0n) is 18.1. The molecule has 0 radical (unpaired) electrons. The molecule has 0 N–H and O–H groups in total. The van der Waals surface area contributed by atoms with Crippen molar-refractivity contribution in [2.24, 2.45) is 0 Å². The Morgan fingerprint density at radius 1 is 0.517 bits per heavy atom. The van der Waals surface area contributed by atoms with Crippen LogP contribution in [0.3, 0.4) is 0 Å². The second-order valence-corrected chi connectivity index (χ2v) is 8.81. The summed E-state index contributed by atoms with van der Waals surface area (Å²) in [5.41, 5.74) is 0. The molecule has 29 heavy (non-hydrogen) atoms. The van der Waals surface area contributed by atoms with Gasteiger partial charge in [0.2, 0.25) is 20.8 Å². The third kappa shape index (κ3) is 39.5. The van der Waals surface area contributed by atoms with Gasteiger partial charge in [-0.25, -0.2) is 16.8 Å². The maximum absolute atomic E-state index is 10.0. The van der Waals surface area contributed by atoms with Crippen molar-refractivity contribution in [1.82, 2.24) is 0 Å². The molecule has 0 aliphatic rings. The summed E-state index contributed by atoms with van der Waals surface area (Å²) in [6, 6.07) is 0. The minimum absolute atomic E-state index is 0. The van der Waals surface area contributed by atoms with Crippen molar-refractivity contribution in [3.63, 3.8) is 0 Å². The van der Waals surface area contributed by atoms with E-state index in [1.54, 1.807) is 0 Å². The van der Waals surface area contributed by atoms with Gasteiger partial charge in [-0.3, -0.25) is 8.37 Å². The van der Waals surface area contributed by atoms with E-state index in [1.807, 2.05) is 0 Å². The van der Waals surface area contributed by atoms with Crippen molar-refractivity contribution in [1.29, 1.82) is 0 Å². The van der Waals surface area contributed by atoms with Gasteiger partial charge in [0.05, 0.1) is 13.2 Å². The molecule has 0 saturated carbocycles.